The summed E-state index contributed by atoms with van der Waals surface area (Å²) in [6.45, 7) is 3.41. The van der Waals surface area contributed by atoms with E-state index < -0.39 is 35.8 Å². The van der Waals surface area contributed by atoms with Crippen LogP contribution in [0.1, 0.15) is 24.4 Å². The molecule has 0 aromatic carbocycles. The van der Waals surface area contributed by atoms with Crippen LogP contribution in [0.5, 0.6) is 0 Å². The molecule has 35 heavy (non-hydrogen) atoms. The molecule has 0 spiro atoms. The van der Waals surface area contributed by atoms with Crippen LogP contribution in [0.3, 0.4) is 0 Å². The second-order valence-corrected chi connectivity index (χ2v) is 10.7. The fourth-order valence-electron chi connectivity index (χ4n) is 4.99. The number of hydrogen-bond acceptors (Lipinski definition) is 8. The molecule has 12 heteroatoms. The van der Waals surface area contributed by atoms with E-state index in [4.69, 9.17) is 5.73 Å². The van der Waals surface area contributed by atoms with Crippen LogP contribution in [0.2, 0.25) is 0 Å². The van der Waals surface area contributed by atoms with Crippen molar-refractivity contribution in [2.75, 3.05) is 0 Å². The van der Waals surface area contributed by atoms with Crippen LogP contribution in [-0.4, -0.2) is 49.3 Å². The van der Waals surface area contributed by atoms with Crippen molar-refractivity contribution in [2.45, 2.75) is 43.3 Å². The van der Waals surface area contributed by atoms with Crippen molar-refractivity contribution in [1.29, 1.82) is 0 Å². The molecular weight excluding hydrogens is 490 g/mol. The van der Waals surface area contributed by atoms with Crippen molar-refractivity contribution in [3.8, 4) is 0 Å². The van der Waals surface area contributed by atoms with Crippen molar-refractivity contribution in [3.63, 3.8) is 0 Å². The number of nitrogens with zero attached hydrogens (tertiary/aromatic N) is 4. The third kappa shape index (κ3) is 3.81. The van der Waals surface area contributed by atoms with Gasteiger partial charge >= 0.3 is 0 Å². The molecule has 4 atom stereocenters. The fourth-order valence-corrected chi connectivity index (χ4v) is 7.43. The molecule has 0 unspecified atom stereocenters. The molecule has 0 bridgehead atoms. The minimum absolute atomic E-state index is 0.00188. The van der Waals surface area contributed by atoms with E-state index in [1.807, 2.05) is 29.5 Å². The summed E-state index contributed by atoms with van der Waals surface area (Å²) in [5.41, 5.74) is 6.70. The third-order valence-electron chi connectivity index (χ3n) is 6.45. The average Bonchev–Trinajstić information content (AvgIpc) is 3.40. The van der Waals surface area contributed by atoms with Gasteiger partial charge in [0.15, 0.2) is 6.54 Å². The summed E-state index contributed by atoms with van der Waals surface area (Å²) in [5, 5.41) is 23.0. The first-order valence-corrected chi connectivity index (χ1v) is 12.8. The Balaban J connectivity index is 1.56. The molecule has 182 valence electrons. The Labute approximate surface area is 208 Å². The zero-order valence-electron chi connectivity index (χ0n) is 19.0. The van der Waals surface area contributed by atoms with Gasteiger partial charge in [0, 0.05) is 23.4 Å². The van der Waals surface area contributed by atoms with Crippen LogP contribution in [0.25, 0.3) is 10.4 Å². The van der Waals surface area contributed by atoms with E-state index in [-0.39, 0.29) is 18.2 Å². The van der Waals surface area contributed by atoms with E-state index >= 15 is 0 Å². The molecule has 3 aromatic heterocycles. The Bertz CT molecular complexity index is 1380. The molecule has 0 radical (unpaired) electrons. The smallest absolute Gasteiger partial charge is 0.259 e. The average molecular weight is 514 g/mol. The highest BCUT2D eigenvalue weighted by atomic mass is 32.2. The lowest BCUT2D eigenvalue weighted by atomic mass is 9.77. The number of aromatic nitrogens is 3. The Kier molecular flexibility index (Phi) is 5.90. The topological polar surface area (TPSA) is 145 Å². The number of carboxylic acids is 1. The van der Waals surface area contributed by atoms with Crippen LogP contribution in [-0.2, 0) is 26.7 Å². The number of aliphatic hydroxyl groups excluding tert-OH is 1. The highest BCUT2D eigenvalue weighted by Gasteiger charge is 2.59. The lowest BCUT2D eigenvalue weighted by molar-refractivity contribution is -0.717. The normalized spacial score (nSPS) is 22.4. The van der Waals surface area contributed by atoms with Gasteiger partial charge in [0.25, 0.3) is 12.2 Å². The van der Waals surface area contributed by atoms with Crippen molar-refractivity contribution in [1.82, 2.24) is 14.3 Å². The first kappa shape index (κ1) is 23.5. The van der Waals surface area contributed by atoms with Crippen molar-refractivity contribution >= 4 is 51.3 Å². The van der Waals surface area contributed by atoms with E-state index in [2.05, 4.69) is 4.98 Å². The number of carbonyl (C=O) groups excluding carboxylic acids is 3. The van der Waals surface area contributed by atoms with E-state index in [0.717, 1.165) is 15.6 Å². The van der Waals surface area contributed by atoms with Gasteiger partial charge in [-0.05, 0) is 19.1 Å². The molecule has 3 N–H and O–H groups in total. The Hall–Kier alpha value is -3.22. The monoisotopic (exact) mass is 513 g/mol. The molecule has 5 rings (SSSR count). The summed E-state index contributed by atoms with van der Waals surface area (Å²) in [6.07, 6.45) is 4.38. The predicted molar refractivity (Wildman–Crippen MR) is 125 cm³/mol. The molecule has 1 fully saturated rings. The molecule has 2 aliphatic heterocycles. The van der Waals surface area contributed by atoms with Crippen molar-refractivity contribution in [2.24, 2.45) is 17.6 Å². The summed E-state index contributed by atoms with van der Waals surface area (Å²) in [6, 6.07) is 5.23. The molecular formula is C23H23N5O5S2. The SMILES string of the molecule is C[C@@H](O)[C@H]1C(=O)N2C(C(=O)[O-])=C(c3cn4c[n+](CC(N)=O)c(SCc5ccccn5)c4s3)[C@H](C)[C@H]12. The number of pyridine rings is 1. The number of thioether (sulfide) groups is 1. The number of primary amides is 1. The summed E-state index contributed by atoms with van der Waals surface area (Å²) in [5.74, 6) is -2.68. The summed E-state index contributed by atoms with van der Waals surface area (Å²) in [7, 11) is 0. The quantitative estimate of drug-likeness (QED) is 0.241. The number of hydrogen-bond donors (Lipinski definition) is 2. The minimum Gasteiger partial charge on any atom is -0.543 e. The van der Waals surface area contributed by atoms with Crippen LogP contribution < -0.4 is 15.4 Å². The summed E-state index contributed by atoms with van der Waals surface area (Å²) in [4.78, 5) is 43.5. The van der Waals surface area contributed by atoms with E-state index in [0.29, 0.717) is 16.2 Å². The minimum atomic E-state index is -1.42. The van der Waals surface area contributed by atoms with Gasteiger partial charge in [-0.25, -0.2) is 4.57 Å². The van der Waals surface area contributed by atoms with Gasteiger partial charge in [-0.1, -0.05) is 36.1 Å². The third-order valence-corrected chi connectivity index (χ3v) is 8.86. The summed E-state index contributed by atoms with van der Waals surface area (Å²) < 4.78 is 3.59. The molecule has 3 aromatic rings. The molecule has 2 amide bonds. The van der Waals surface area contributed by atoms with Crippen LogP contribution >= 0.6 is 23.1 Å². The van der Waals surface area contributed by atoms with Gasteiger partial charge in [0.1, 0.15) is 6.20 Å². The van der Waals surface area contributed by atoms with Gasteiger partial charge in [0.2, 0.25) is 15.8 Å². The fraction of sp³-hybridized carbons (Fsp3) is 0.348. The van der Waals surface area contributed by atoms with Gasteiger partial charge in [0.05, 0.1) is 40.3 Å². The number of amides is 2. The number of imidazole rings is 1. The highest BCUT2D eigenvalue weighted by molar-refractivity contribution is 7.98. The van der Waals surface area contributed by atoms with Crippen molar-refractivity contribution < 1.29 is 29.2 Å². The van der Waals surface area contributed by atoms with E-state index in [1.165, 1.54) is 28.0 Å². The van der Waals surface area contributed by atoms with E-state index in [9.17, 15) is 24.6 Å². The molecule has 10 nitrogen and oxygen atoms in total. The maximum Gasteiger partial charge on any atom is 0.259 e. The van der Waals surface area contributed by atoms with Crippen LogP contribution in [0.4, 0.5) is 0 Å². The standard InChI is InChI=1S/C23H23N5O5S2/c1-11-16(19(23(32)33)28-18(11)17(12(2)29)20(28)31)14-7-26-10-27(8-15(24)30)21(22(26)35-14)34-9-13-5-3-4-6-25-13/h3-7,10-12,17-18,29H,8-9H2,1-2H3,(H2-,24,30,32,33)/t11-,12+,17+,18+/m0/s1. The molecule has 0 saturated carbocycles. The first-order valence-electron chi connectivity index (χ1n) is 11.0. The number of aliphatic hydroxyl groups is 1. The Morgan fingerprint density at radius 2 is 2.17 bits per heavy atom. The van der Waals surface area contributed by atoms with Gasteiger partial charge in [-0.15, -0.1) is 0 Å². The number of aliphatic carboxylic acids is 1. The number of fused-ring (bicyclic) bond motifs is 2. The van der Waals surface area contributed by atoms with Crippen LogP contribution in [0, 0.1) is 11.8 Å². The zero-order chi connectivity index (χ0) is 25.0. The highest BCUT2D eigenvalue weighted by Crippen LogP contribution is 2.51. The molecule has 1 saturated heterocycles. The Morgan fingerprint density at radius 1 is 1.40 bits per heavy atom. The van der Waals surface area contributed by atoms with Crippen molar-refractivity contribution in [3.05, 3.63) is 53.2 Å². The predicted octanol–water partition coefficient (Wildman–Crippen LogP) is -0.221. The zero-order valence-corrected chi connectivity index (χ0v) is 20.6. The lowest BCUT2D eigenvalue weighted by Crippen LogP contribution is -2.64. The number of β-lactam (4-membered cyclic amide) rings is 1. The lowest BCUT2D eigenvalue weighted by Gasteiger charge is -2.47. The van der Waals surface area contributed by atoms with Gasteiger partial charge in [-0.2, -0.15) is 4.40 Å². The second-order valence-electron chi connectivity index (χ2n) is 8.74. The molecule has 5 heterocycles. The van der Waals surface area contributed by atoms with E-state index in [1.54, 1.807) is 30.2 Å². The number of rotatable bonds is 8. The number of nitrogens with two attached hydrogens (primary N) is 1. The molecule has 2 aliphatic rings. The summed E-state index contributed by atoms with van der Waals surface area (Å²) >= 11 is 2.87. The number of carbonyl (C=O) groups is 3. The largest absolute Gasteiger partial charge is 0.543 e. The first-order chi connectivity index (χ1) is 16.7. The van der Waals surface area contributed by atoms with Crippen LogP contribution in [0.15, 0.2) is 47.6 Å². The van der Waals surface area contributed by atoms with Gasteiger partial charge in [-0.3, -0.25) is 14.6 Å². The maximum absolute atomic E-state index is 12.6. The number of thiazole rings is 1. The molecule has 0 aliphatic carbocycles. The Morgan fingerprint density at radius 3 is 2.80 bits per heavy atom. The maximum atomic E-state index is 12.6. The number of carboxylic acid groups (broad SMARTS) is 1. The van der Waals surface area contributed by atoms with Gasteiger partial charge < -0.3 is 25.6 Å². The second kappa shape index (κ2) is 8.77.